The number of rotatable bonds is 7. The second-order valence-corrected chi connectivity index (χ2v) is 6.40. The fourth-order valence-electron chi connectivity index (χ4n) is 2.48. The second kappa shape index (κ2) is 10.6. The van der Waals surface area contributed by atoms with Gasteiger partial charge in [0.25, 0.3) is 0 Å². The lowest BCUT2D eigenvalue weighted by atomic mass is 10.2. The van der Waals surface area contributed by atoms with E-state index in [9.17, 15) is 14.4 Å². The molecule has 0 saturated carbocycles. The topological polar surface area (TPSA) is 118 Å². The van der Waals surface area contributed by atoms with Crippen molar-refractivity contribution in [3.05, 3.63) is 48.0 Å². The zero-order valence-corrected chi connectivity index (χ0v) is 17.2. The maximum absolute atomic E-state index is 12.2. The van der Waals surface area contributed by atoms with Crippen LogP contribution in [0.5, 0.6) is 11.5 Å². The molecule has 0 aliphatic heterocycles. The lowest BCUT2D eigenvalue weighted by Crippen LogP contribution is -2.33. The van der Waals surface area contributed by atoms with Crippen molar-refractivity contribution < 1.29 is 23.9 Å². The normalized spacial score (nSPS) is 10.7. The van der Waals surface area contributed by atoms with Crippen molar-refractivity contribution in [2.45, 2.75) is 20.3 Å². The third-order valence-electron chi connectivity index (χ3n) is 3.93. The Balaban J connectivity index is 1.89. The van der Waals surface area contributed by atoms with Crippen LogP contribution in [0.15, 0.2) is 47.6 Å². The molecule has 0 bridgehead atoms. The number of benzene rings is 2. The van der Waals surface area contributed by atoms with Gasteiger partial charge in [-0.1, -0.05) is 12.1 Å². The molecule has 0 atom stereocenters. The van der Waals surface area contributed by atoms with Crippen LogP contribution < -0.4 is 25.5 Å². The Hall–Kier alpha value is -3.88. The first-order chi connectivity index (χ1) is 14.3. The predicted molar refractivity (Wildman–Crippen MR) is 114 cm³/mol. The van der Waals surface area contributed by atoms with E-state index in [4.69, 9.17) is 9.47 Å². The minimum atomic E-state index is -0.937. The Morgan fingerprint density at radius 1 is 0.967 bits per heavy atom. The summed E-state index contributed by atoms with van der Waals surface area (Å²) < 4.78 is 10.3. The Labute approximate surface area is 174 Å². The Kier molecular flexibility index (Phi) is 7.92. The lowest BCUT2D eigenvalue weighted by Gasteiger charge is -2.11. The van der Waals surface area contributed by atoms with E-state index in [0.29, 0.717) is 28.6 Å². The molecule has 158 valence electrons. The number of hydrogen-bond donors (Lipinski definition) is 3. The first-order valence-corrected chi connectivity index (χ1v) is 9.05. The molecule has 0 aromatic heterocycles. The number of carbonyl (C=O) groups excluding carboxylic acids is 3. The summed E-state index contributed by atoms with van der Waals surface area (Å²) in [5, 5.41) is 8.98. The molecule has 2 aromatic carbocycles. The van der Waals surface area contributed by atoms with Crippen molar-refractivity contribution in [2.24, 2.45) is 5.10 Å². The summed E-state index contributed by atoms with van der Waals surface area (Å²) in [5.41, 5.74) is 4.38. The molecule has 0 heterocycles. The van der Waals surface area contributed by atoms with E-state index >= 15 is 0 Å². The number of nitrogens with one attached hydrogen (secondary N) is 3. The maximum Gasteiger partial charge on any atom is 0.329 e. The first-order valence-electron chi connectivity index (χ1n) is 9.05. The minimum absolute atomic E-state index is 0.0883. The van der Waals surface area contributed by atoms with Gasteiger partial charge in [-0.25, -0.2) is 5.43 Å². The van der Waals surface area contributed by atoms with Crippen molar-refractivity contribution in [3.8, 4) is 11.5 Å². The molecule has 0 aliphatic rings. The lowest BCUT2D eigenvalue weighted by molar-refractivity contribution is -0.136. The van der Waals surface area contributed by atoms with Gasteiger partial charge in [0.05, 0.1) is 26.3 Å². The number of hydrogen-bond acceptors (Lipinski definition) is 6. The largest absolute Gasteiger partial charge is 0.497 e. The zero-order chi connectivity index (χ0) is 22.1. The smallest absolute Gasteiger partial charge is 0.329 e. The second-order valence-electron chi connectivity index (χ2n) is 6.40. The summed E-state index contributed by atoms with van der Waals surface area (Å²) in [7, 11) is 3.01. The summed E-state index contributed by atoms with van der Waals surface area (Å²) >= 11 is 0. The van der Waals surface area contributed by atoms with E-state index in [1.54, 1.807) is 43.3 Å². The van der Waals surface area contributed by atoms with E-state index in [1.165, 1.54) is 14.2 Å². The van der Waals surface area contributed by atoms with Gasteiger partial charge >= 0.3 is 11.8 Å². The summed E-state index contributed by atoms with van der Waals surface area (Å²) in [6.45, 7) is 3.43. The van der Waals surface area contributed by atoms with Crippen LogP contribution in [0.4, 0.5) is 11.4 Å². The molecule has 9 heteroatoms. The molecule has 0 fully saturated rings. The van der Waals surface area contributed by atoms with Crippen LogP contribution in [0.25, 0.3) is 0 Å². The van der Waals surface area contributed by atoms with Gasteiger partial charge in [0, 0.05) is 17.5 Å². The number of carbonyl (C=O) groups is 3. The van der Waals surface area contributed by atoms with Gasteiger partial charge in [-0.05, 0) is 43.7 Å². The van der Waals surface area contributed by atoms with Gasteiger partial charge in [-0.2, -0.15) is 5.10 Å². The average molecular weight is 412 g/mol. The van der Waals surface area contributed by atoms with Gasteiger partial charge in [0.2, 0.25) is 5.91 Å². The molecule has 30 heavy (non-hydrogen) atoms. The van der Waals surface area contributed by atoms with Gasteiger partial charge in [0.15, 0.2) is 0 Å². The van der Waals surface area contributed by atoms with E-state index in [1.807, 2.05) is 13.0 Å². The van der Waals surface area contributed by atoms with Gasteiger partial charge in [-0.3, -0.25) is 14.4 Å². The summed E-state index contributed by atoms with van der Waals surface area (Å²) in [6.07, 6.45) is -0.0883. The monoisotopic (exact) mass is 412 g/mol. The average Bonchev–Trinajstić information content (AvgIpc) is 2.72. The third-order valence-corrected chi connectivity index (χ3v) is 3.93. The molecular formula is C21H24N4O5. The van der Waals surface area contributed by atoms with Crippen LogP contribution in [-0.4, -0.2) is 37.7 Å². The molecule has 2 rings (SSSR count). The molecule has 0 saturated heterocycles. The minimum Gasteiger partial charge on any atom is -0.497 e. The standard InChI is InChI=1S/C21H24N4O5/c1-13-6-5-7-15(10-13)22-20(27)21(28)25-24-14(2)11-19(26)23-17-9-8-16(29-3)12-18(17)30-4/h5-10,12H,11H2,1-4H3,(H,22,27)(H,23,26)(H,25,28)/b24-14-. The van der Waals surface area contributed by atoms with Crippen LogP contribution in [0.2, 0.25) is 0 Å². The zero-order valence-electron chi connectivity index (χ0n) is 17.2. The molecule has 0 spiro atoms. The number of amides is 3. The molecule has 2 aromatic rings. The summed E-state index contributed by atoms with van der Waals surface area (Å²) in [5.74, 6) is -1.12. The van der Waals surface area contributed by atoms with Crippen molar-refractivity contribution >= 4 is 34.8 Å². The quantitative estimate of drug-likeness (QED) is 0.367. The molecular weight excluding hydrogens is 388 g/mol. The molecule has 0 radical (unpaired) electrons. The first kappa shape index (κ1) is 22.4. The fraction of sp³-hybridized carbons (Fsp3) is 0.238. The number of methoxy groups -OCH3 is 2. The number of ether oxygens (including phenoxy) is 2. The van der Waals surface area contributed by atoms with E-state index in [2.05, 4.69) is 21.2 Å². The van der Waals surface area contributed by atoms with Crippen molar-refractivity contribution in [2.75, 3.05) is 24.9 Å². The summed E-state index contributed by atoms with van der Waals surface area (Å²) in [4.78, 5) is 36.1. The van der Waals surface area contributed by atoms with Crippen molar-refractivity contribution in [1.82, 2.24) is 5.43 Å². The third kappa shape index (κ3) is 6.62. The van der Waals surface area contributed by atoms with Crippen LogP contribution in [-0.2, 0) is 14.4 Å². The van der Waals surface area contributed by atoms with E-state index < -0.39 is 11.8 Å². The molecule has 3 amide bonds. The Morgan fingerprint density at radius 3 is 2.40 bits per heavy atom. The molecule has 9 nitrogen and oxygen atoms in total. The SMILES string of the molecule is COc1ccc(NC(=O)C/C(C)=N\NC(=O)C(=O)Nc2cccc(C)c2)c(OC)c1. The molecule has 0 unspecified atom stereocenters. The number of anilines is 2. The predicted octanol–water partition coefficient (Wildman–Crippen LogP) is 2.47. The number of hydrazone groups is 1. The highest BCUT2D eigenvalue weighted by Crippen LogP contribution is 2.29. The van der Waals surface area contributed by atoms with Crippen LogP contribution in [0, 0.1) is 6.92 Å². The highest BCUT2D eigenvalue weighted by molar-refractivity contribution is 6.39. The summed E-state index contributed by atoms with van der Waals surface area (Å²) in [6, 6.07) is 12.0. The van der Waals surface area contributed by atoms with Gasteiger partial charge in [-0.15, -0.1) is 0 Å². The molecule has 0 aliphatic carbocycles. The van der Waals surface area contributed by atoms with Crippen molar-refractivity contribution in [3.63, 3.8) is 0 Å². The van der Waals surface area contributed by atoms with Crippen LogP contribution in [0.1, 0.15) is 18.9 Å². The maximum atomic E-state index is 12.2. The van der Waals surface area contributed by atoms with E-state index in [-0.39, 0.29) is 12.3 Å². The number of aryl methyl sites for hydroxylation is 1. The van der Waals surface area contributed by atoms with Crippen LogP contribution in [0.3, 0.4) is 0 Å². The number of nitrogens with zero attached hydrogens (tertiary/aromatic N) is 1. The fourth-order valence-corrected chi connectivity index (χ4v) is 2.48. The highest BCUT2D eigenvalue weighted by Gasteiger charge is 2.14. The van der Waals surface area contributed by atoms with Gasteiger partial charge in [0.1, 0.15) is 11.5 Å². The van der Waals surface area contributed by atoms with E-state index in [0.717, 1.165) is 5.56 Å². The van der Waals surface area contributed by atoms with Gasteiger partial charge < -0.3 is 20.1 Å². The Bertz CT molecular complexity index is 972. The highest BCUT2D eigenvalue weighted by atomic mass is 16.5. The Morgan fingerprint density at radius 2 is 1.73 bits per heavy atom. The molecule has 3 N–H and O–H groups in total. The van der Waals surface area contributed by atoms with Crippen LogP contribution >= 0.6 is 0 Å². The van der Waals surface area contributed by atoms with Crippen molar-refractivity contribution in [1.29, 1.82) is 0 Å².